The first-order chi connectivity index (χ1) is 17.0. The number of halogens is 1. The molecule has 7 heteroatoms. The van der Waals surface area contributed by atoms with Gasteiger partial charge in [-0.2, -0.15) is 0 Å². The van der Waals surface area contributed by atoms with E-state index in [9.17, 15) is 14.0 Å². The smallest absolute Gasteiger partial charge is 0.323 e. The van der Waals surface area contributed by atoms with Gasteiger partial charge < -0.3 is 15.0 Å². The zero-order valence-corrected chi connectivity index (χ0v) is 20.5. The summed E-state index contributed by atoms with van der Waals surface area (Å²) in [5.41, 5.74) is 3.02. The molecule has 2 aliphatic heterocycles. The molecule has 2 heterocycles. The van der Waals surface area contributed by atoms with Crippen molar-refractivity contribution in [3.05, 3.63) is 65.5 Å². The van der Waals surface area contributed by atoms with E-state index in [0.29, 0.717) is 25.4 Å². The van der Waals surface area contributed by atoms with Crippen LogP contribution in [0.5, 0.6) is 0 Å². The van der Waals surface area contributed by atoms with Crippen LogP contribution in [-0.2, 0) is 27.2 Å². The summed E-state index contributed by atoms with van der Waals surface area (Å²) in [4.78, 5) is 29.3. The van der Waals surface area contributed by atoms with Gasteiger partial charge in [-0.1, -0.05) is 30.7 Å². The van der Waals surface area contributed by atoms with E-state index in [2.05, 4.69) is 27.2 Å². The van der Waals surface area contributed by atoms with E-state index >= 15 is 0 Å². The lowest BCUT2D eigenvalue weighted by molar-refractivity contribution is -0.149. The molecule has 2 saturated heterocycles. The lowest BCUT2D eigenvalue weighted by atomic mass is 9.94. The van der Waals surface area contributed by atoms with E-state index in [-0.39, 0.29) is 23.7 Å². The number of nitrogens with one attached hydrogen (secondary N) is 1. The van der Waals surface area contributed by atoms with Crippen molar-refractivity contribution in [3.8, 4) is 0 Å². The van der Waals surface area contributed by atoms with Gasteiger partial charge in [-0.25, -0.2) is 4.39 Å². The number of likely N-dealkylation sites (tertiary alicyclic amines) is 1. The first-order valence-corrected chi connectivity index (χ1v) is 12.7. The number of ether oxygens (including phenoxy) is 1. The first-order valence-electron chi connectivity index (χ1n) is 12.7. The third kappa shape index (κ3) is 6.82. The number of piperidine rings is 2. The Kier molecular flexibility index (Phi) is 8.74. The molecule has 2 aromatic rings. The van der Waals surface area contributed by atoms with Crippen LogP contribution in [0, 0.1) is 5.82 Å². The van der Waals surface area contributed by atoms with Gasteiger partial charge in [0.15, 0.2) is 0 Å². The number of nitrogens with zero attached hydrogens (tertiary/aromatic N) is 2. The van der Waals surface area contributed by atoms with Crippen molar-refractivity contribution >= 4 is 17.6 Å². The van der Waals surface area contributed by atoms with E-state index in [1.807, 2.05) is 18.2 Å². The van der Waals surface area contributed by atoms with Gasteiger partial charge in [0, 0.05) is 31.4 Å². The van der Waals surface area contributed by atoms with Gasteiger partial charge >= 0.3 is 5.97 Å². The average Bonchev–Trinajstić information content (AvgIpc) is 2.89. The second-order valence-corrected chi connectivity index (χ2v) is 9.56. The molecule has 0 saturated carbocycles. The number of hydrogen-bond donors (Lipinski definition) is 1. The maximum Gasteiger partial charge on any atom is 0.323 e. The highest BCUT2D eigenvalue weighted by Crippen LogP contribution is 2.28. The molecule has 2 aliphatic rings. The third-order valence-corrected chi connectivity index (χ3v) is 7.24. The van der Waals surface area contributed by atoms with Gasteiger partial charge in [-0.3, -0.25) is 14.5 Å². The van der Waals surface area contributed by atoms with Gasteiger partial charge in [-0.05, 0) is 74.0 Å². The second-order valence-electron chi connectivity index (χ2n) is 9.56. The van der Waals surface area contributed by atoms with Gasteiger partial charge in [0.25, 0.3) is 0 Å². The summed E-state index contributed by atoms with van der Waals surface area (Å²) in [6, 6.07) is 15.0. The van der Waals surface area contributed by atoms with Crippen molar-refractivity contribution in [1.29, 1.82) is 0 Å². The molecular formula is C28H36FN3O3. The SMILES string of the molecule is COC(=O)[C@H]1CCCCN1C1CCN(c2ccc(CC(=O)NCCc3cccc(F)c3)cc2)CC1. The zero-order valence-electron chi connectivity index (χ0n) is 20.5. The standard InChI is InChI=1S/C28H36FN3O3/c1-35-28(34)26-7-2-3-16-32(26)25-13-17-31(18-14-25)24-10-8-22(9-11-24)20-27(33)30-15-12-21-5-4-6-23(29)19-21/h4-6,8-11,19,25-26H,2-3,7,12-18,20H2,1H3,(H,30,33)/t26-/m1/s1. The molecule has 1 atom stereocenters. The van der Waals surface area contributed by atoms with E-state index in [1.54, 1.807) is 6.07 Å². The maximum absolute atomic E-state index is 13.3. The van der Waals surface area contributed by atoms with E-state index in [4.69, 9.17) is 4.74 Å². The molecule has 4 rings (SSSR count). The monoisotopic (exact) mass is 481 g/mol. The Bertz CT molecular complexity index is 989. The van der Waals surface area contributed by atoms with Crippen molar-refractivity contribution in [3.63, 3.8) is 0 Å². The highest BCUT2D eigenvalue weighted by molar-refractivity contribution is 5.78. The Balaban J connectivity index is 1.22. The number of rotatable bonds is 8. The molecule has 0 aliphatic carbocycles. The number of anilines is 1. The summed E-state index contributed by atoms with van der Waals surface area (Å²) in [5.74, 6) is -0.382. The van der Waals surface area contributed by atoms with Crippen LogP contribution < -0.4 is 10.2 Å². The summed E-state index contributed by atoms with van der Waals surface area (Å²) in [7, 11) is 1.48. The fourth-order valence-electron chi connectivity index (χ4n) is 5.35. The fourth-order valence-corrected chi connectivity index (χ4v) is 5.35. The summed E-state index contributed by atoms with van der Waals surface area (Å²) >= 11 is 0. The van der Waals surface area contributed by atoms with Crippen LogP contribution in [-0.4, -0.2) is 62.1 Å². The number of benzene rings is 2. The zero-order chi connectivity index (χ0) is 24.6. The molecule has 0 unspecified atom stereocenters. The summed E-state index contributed by atoms with van der Waals surface area (Å²) in [6.45, 7) is 3.37. The summed E-state index contributed by atoms with van der Waals surface area (Å²) in [5, 5.41) is 2.92. The normalized spacial score (nSPS) is 19.4. The van der Waals surface area contributed by atoms with Crippen LogP contribution in [0.1, 0.15) is 43.2 Å². The molecule has 0 radical (unpaired) electrons. The minimum absolute atomic E-state index is 0.0309. The highest BCUT2D eigenvalue weighted by atomic mass is 19.1. The summed E-state index contributed by atoms with van der Waals surface area (Å²) < 4.78 is 18.3. The Morgan fingerprint density at radius 2 is 1.77 bits per heavy atom. The number of amides is 1. The Morgan fingerprint density at radius 3 is 2.49 bits per heavy atom. The summed E-state index contributed by atoms with van der Waals surface area (Å²) in [6.07, 6.45) is 6.13. The predicted molar refractivity (Wildman–Crippen MR) is 135 cm³/mol. The van der Waals surface area contributed by atoms with Crippen LogP contribution in [0.25, 0.3) is 0 Å². The van der Waals surface area contributed by atoms with Crippen molar-refractivity contribution < 1.29 is 18.7 Å². The molecule has 0 bridgehead atoms. The van der Waals surface area contributed by atoms with Crippen molar-refractivity contribution in [2.24, 2.45) is 0 Å². The van der Waals surface area contributed by atoms with Crippen LogP contribution in [0.4, 0.5) is 10.1 Å². The predicted octanol–water partition coefficient (Wildman–Crippen LogP) is 3.72. The minimum Gasteiger partial charge on any atom is -0.468 e. The van der Waals surface area contributed by atoms with Gasteiger partial charge in [-0.15, -0.1) is 0 Å². The maximum atomic E-state index is 13.3. The lowest BCUT2D eigenvalue weighted by Crippen LogP contribution is -2.53. The van der Waals surface area contributed by atoms with Crippen molar-refractivity contribution in [2.75, 3.05) is 38.2 Å². The average molecular weight is 482 g/mol. The van der Waals surface area contributed by atoms with Crippen LogP contribution in [0.2, 0.25) is 0 Å². The molecule has 2 aromatic carbocycles. The Labute approximate surface area is 207 Å². The van der Waals surface area contributed by atoms with Crippen molar-refractivity contribution in [1.82, 2.24) is 10.2 Å². The van der Waals surface area contributed by atoms with E-state index in [1.165, 1.54) is 24.9 Å². The minimum atomic E-state index is -0.255. The van der Waals surface area contributed by atoms with Crippen LogP contribution in [0.3, 0.4) is 0 Å². The van der Waals surface area contributed by atoms with Gasteiger partial charge in [0.05, 0.1) is 13.5 Å². The molecule has 1 amide bonds. The molecule has 6 nitrogen and oxygen atoms in total. The third-order valence-electron chi connectivity index (χ3n) is 7.24. The molecule has 35 heavy (non-hydrogen) atoms. The van der Waals surface area contributed by atoms with E-state index < -0.39 is 0 Å². The molecule has 0 spiro atoms. The van der Waals surface area contributed by atoms with Crippen LogP contribution in [0.15, 0.2) is 48.5 Å². The highest BCUT2D eigenvalue weighted by Gasteiger charge is 2.35. The van der Waals surface area contributed by atoms with Crippen LogP contribution >= 0.6 is 0 Å². The topological polar surface area (TPSA) is 61.9 Å². The molecule has 188 valence electrons. The first kappa shape index (κ1) is 25.2. The lowest BCUT2D eigenvalue weighted by Gasteiger charge is -2.44. The number of carbonyl (C=O) groups is 2. The number of methoxy groups -OCH3 is 1. The van der Waals surface area contributed by atoms with Gasteiger partial charge in [0.1, 0.15) is 11.9 Å². The van der Waals surface area contributed by atoms with Gasteiger partial charge in [0.2, 0.25) is 5.91 Å². The fraction of sp³-hybridized carbons (Fsp3) is 0.500. The second kappa shape index (κ2) is 12.2. The number of esters is 1. The quantitative estimate of drug-likeness (QED) is 0.583. The van der Waals surface area contributed by atoms with Crippen molar-refractivity contribution in [2.45, 2.75) is 57.0 Å². The number of carbonyl (C=O) groups excluding carboxylic acids is 2. The molecular weight excluding hydrogens is 445 g/mol. The Hall–Kier alpha value is -2.93. The Morgan fingerprint density at radius 1 is 1.00 bits per heavy atom. The number of hydrogen-bond acceptors (Lipinski definition) is 5. The molecule has 1 N–H and O–H groups in total. The van der Waals surface area contributed by atoms with E-state index in [0.717, 1.165) is 62.9 Å². The molecule has 0 aromatic heterocycles. The largest absolute Gasteiger partial charge is 0.468 e. The molecule has 2 fully saturated rings.